The minimum atomic E-state index is -0.928. The van der Waals surface area contributed by atoms with Crippen LogP contribution in [0.2, 0.25) is 0 Å². The van der Waals surface area contributed by atoms with Gasteiger partial charge in [0.15, 0.2) is 5.66 Å². The summed E-state index contributed by atoms with van der Waals surface area (Å²) in [5.74, 6) is 0. The molecule has 0 unspecified atom stereocenters. The summed E-state index contributed by atoms with van der Waals surface area (Å²) in [5.41, 5.74) is 3.98. The van der Waals surface area contributed by atoms with Crippen molar-refractivity contribution in [1.82, 2.24) is 4.90 Å². The number of amides is 4. The van der Waals surface area contributed by atoms with Gasteiger partial charge >= 0.3 is 12.1 Å². The maximum Gasteiger partial charge on any atom is 0.372 e. The molecule has 1 aliphatic heterocycles. The Hall–Kier alpha value is -1.46. The van der Waals surface area contributed by atoms with E-state index in [2.05, 4.69) is 10.2 Å². The number of nitrogens with zero attached hydrogens (tertiary/aromatic N) is 3. The first-order chi connectivity index (χ1) is 4.95. The summed E-state index contributed by atoms with van der Waals surface area (Å²) >= 11 is 0. The fourth-order valence-electron chi connectivity index (χ4n) is 0.853. The van der Waals surface area contributed by atoms with E-state index >= 15 is 0 Å². The molecule has 2 N–H and O–H groups in total. The van der Waals surface area contributed by atoms with E-state index < -0.39 is 17.7 Å². The van der Waals surface area contributed by atoms with Crippen molar-refractivity contribution in [2.24, 2.45) is 16.0 Å². The average molecular weight is 156 g/mol. The van der Waals surface area contributed by atoms with Crippen molar-refractivity contribution >= 4 is 12.1 Å². The lowest BCUT2D eigenvalue weighted by Crippen LogP contribution is -2.47. The largest absolute Gasteiger partial charge is 0.372 e. The number of carbonyl (C=O) groups excluding carboxylic acids is 2. The van der Waals surface area contributed by atoms with Crippen molar-refractivity contribution in [2.45, 2.75) is 19.5 Å². The van der Waals surface area contributed by atoms with Crippen LogP contribution in [0.25, 0.3) is 0 Å². The topological polar surface area (TPSA) is 88.1 Å². The molecule has 0 aromatic carbocycles. The second kappa shape index (κ2) is 2.01. The van der Waals surface area contributed by atoms with Gasteiger partial charge in [-0.1, -0.05) is 5.11 Å². The summed E-state index contributed by atoms with van der Waals surface area (Å²) < 4.78 is 0. The van der Waals surface area contributed by atoms with Gasteiger partial charge in [-0.2, -0.15) is 5.11 Å². The van der Waals surface area contributed by atoms with Gasteiger partial charge in [-0.25, -0.2) is 14.5 Å². The molecule has 11 heavy (non-hydrogen) atoms. The van der Waals surface area contributed by atoms with Crippen LogP contribution in [0.3, 0.4) is 0 Å². The quantitative estimate of drug-likeness (QED) is 0.559. The van der Waals surface area contributed by atoms with Crippen molar-refractivity contribution in [3.63, 3.8) is 0 Å². The first kappa shape index (κ1) is 7.64. The van der Waals surface area contributed by atoms with Gasteiger partial charge in [0.25, 0.3) is 0 Å². The Morgan fingerprint density at radius 1 is 1.64 bits per heavy atom. The molecular formula is C5H8N4O2. The molecule has 4 amide bonds. The molecule has 0 saturated carbocycles. The highest BCUT2D eigenvalue weighted by Crippen LogP contribution is 2.23. The van der Waals surface area contributed by atoms with Crippen molar-refractivity contribution in [1.29, 1.82) is 0 Å². The van der Waals surface area contributed by atoms with E-state index in [4.69, 9.17) is 5.73 Å². The summed E-state index contributed by atoms with van der Waals surface area (Å²) in [6.07, 6.45) is 0. The molecule has 0 atom stereocenters. The number of carbonyl (C=O) groups is 2. The molecule has 60 valence electrons. The Labute approximate surface area is 63.1 Å². The van der Waals surface area contributed by atoms with Crippen molar-refractivity contribution in [3.05, 3.63) is 0 Å². The molecule has 6 heteroatoms. The van der Waals surface area contributed by atoms with Crippen LogP contribution in [0, 0.1) is 0 Å². The number of urea groups is 2. The van der Waals surface area contributed by atoms with Crippen LogP contribution in [0.5, 0.6) is 0 Å². The van der Waals surface area contributed by atoms with Gasteiger partial charge < -0.3 is 5.73 Å². The minimum Gasteiger partial charge on any atom is -0.351 e. The predicted molar refractivity (Wildman–Crippen MR) is 35.8 cm³/mol. The zero-order chi connectivity index (χ0) is 8.65. The molecule has 1 heterocycles. The van der Waals surface area contributed by atoms with Crippen LogP contribution < -0.4 is 5.73 Å². The van der Waals surface area contributed by atoms with Gasteiger partial charge in [-0.05, 0) is 13.8 Å². The Morgan fingerprint density at radius 2 is 2.18 bits per heavy atom. The van der Waals surface area contributed by atoms with Gasteiger partial charge in [-0.3, -0.25) is 0 Å². The molecule has 0 bridgehead atoms. The molecule has 0 aromatic heterocycles. The standard InChI is InChI=1S/C5H8N4O2/c1-5(2)8-7-4(11)9(5)3(6)10/h1-2H3,(H2,6,10). The molecule has 0 spiro atoms. The molecular weight excluding hydrogens is 148 g/mol. The highest BCUT2D eigenvalue weighted by molar-refractivity contribution is 5.94. The van der Waals surface area contributed by atoms with Crippen LogP contribution in [-0.4, -0.2) is 22.6 Å². The summed E-state index contributed by atoms with van der Waals surface area (Å²) in [6.45, 7) is 3.15. The van der Waals surface area contributed by atoms with E-state index in [1.807, 2.05) is 0 Å². The molecule has 0 aliphatic carbocycles. The van der Waals surface area contributed by atoms with E-state index in [1.165, 1.54) is 0 Å². The van der Waals surface area contributed by atoms with Gasteiger partial charge in [0, 0.05) is 0 Å². The third kappa shape index (κ3) is 1.06. The Morgan fingerprint density at radius 3 is 2.36 bits per heavy atom. The monoisotopic (exact) mass is 156 g/mol. The minimum absolute atomic E-state index is 0.706. The zero-order valence-corrected chi connectivity index (χ0v) is 6.24. The van der Waals surface area contributed by atoms with Crippen LogP contribution in [0.1, 0.15) is 13.8 Å². The molecule has 0 saturated heterocycles. The fourth-order valence-corrected chi connectivity index (χ4v) is 0.853. The Balaban J connectivity index is 2.96. The summed E-state index contributed by atoms with van der Waals surface area (Å²) in [6, 6.07) is -1.53. The van der Waals surface area contributed by atoms with E-state index in [9.17, 15) is 9.59 Å². The van der Waals surface area contributed by atoms with E-state index in [-0.39, 0.29) is 0 Å². The molecule has 0 fully saturated rings. The Bertz CT molecular complexity index is 245. The van der Waals surface area contributed by atoms with Crippen LogP contribution in [-0.2, 0) is 0 Å². The lowest BCUT2D eigenvalue weighted by molar-refractivity contribution is 0.170. The molecule has 1 rings (SSSR count). The Kier molecular flexibility index (Phi) is 1.40. The second-order valence-corrected chi connectivity index (χ2v) is 2.65. The van der Waals surface area contributed by atoms with E-state index in [0.717, 1.165) is 4.90 Å². The van der Waals surface area contributed by atoms with E-state index in [1.54, 1.807) is 13.8 Å². The van der Waals surface area contributed by atoms with Gasteiger partial charge in [0.05, 0.1) is 0 Å². The van der Waals surface area contributed by atoms with Gasteiger partial charge in [-0.15, -0.1) is 0 Å². The fraction of sp³-hybridized carbons (Fsp3) is 0.600. The number of hydrogen-bond acceptors (Lipinski definition) is 3. The predicted octanol–water partition coefficient (Wildman–Crippen LogP) is 0.689. The number of rotatable bonds is 0. The van der Waals surface area contributed by atoms with Crippen molar-refractivity contribution in [2.75, 3.05) is 0 Å². The van der Waals surface area contributed by atoms with Crippen molar-refractivity contribution < 1.29 is 9.59 Å². The van der Waals surface area contributed by atoms with Gasteiger partial charge in [0.2, 0.25) is 0 Å². The number of azo groups is 1. The lowest BCUT2D eigenvalue weighted by atomic mass is 10.2. The van der Waals surface area contributed by atoms with Gasteiger partial charge in [0.1, 0.15) is 0 Å². The zero-order valence-electron chi connectivity index (χ0n) is 6.24. The third-order valence-electron chi connectivity index (χ3n) is 1.34. The highest BCUT2D eigenvalue weighted by atomic mass is 16.2. The summed E-state index contributed by atoms with van der Waals surface area (Å²) in [5, 5.41) is 6.76. The van der Waals surface area contributed by atoms with Crippen LogP contribution in [0.15, 0.2) is 10.2 Å². The number of imide groups is 1. The third-order valence-corrected chi connectivity index (χ3v) is 1.34. The SMILES string of the molecule is CC1(C)N=NC(=O)N1C(N)=O. The molecule has 0 aromatic rings. The normalized spacial score (nSPS) is 20.9. The molecule has 1 aliphatic rings. The molecule has 6 nitrogen and oxygen atoms in total. The van der Waals surface area contributed by atoms with Crippen LogP contribution in [0.4, 0.5) is 9.59 Å². The average Bonchev–Trinajstić information content (AvgIpc) is 2.06. The van der Waals surface area contributed by atoms with Crippen LogP contribution >= 0.6 is 0 Å². The summed E-state index contributed by atoms with van der Waals surface area (Å²) in [4.78, 5) is 22.2. The first-order valence-electron chi connectivity index (χ1n) is 3.01. The lowest BCUT2D eigenvalue weighted by Gasteiger charge is -2.22. The maximum absolute atomic E-state index is 10.8. The maximum atomic E-state index is 10.8. The first-order valence-corrected chi connectivity index (χ1v) is 3.01. The summed E-state index contributed by atoms with van der Waals surface area (Å²) in [7, 11) is 0. The highest BCUT2D eigenvalue weighted by Gasteiger charge is 2.40. The van der Waals surface area contributed by atoms with Crippen molar-refractivity contribution in [3.8, 4) is 0 Å². The molecule has 0 radical (unpaired) electrons. The smallest absolute Gasteiger partial charge is 0.351 e. The second-order valence-electron chi connectivity index (χ2n) is 2.65. The number of hydrogen-bond donors (Lipinski definition) is 1. The number of primary amides is 1. The van der Waals surface area contributed by atoms with E-state index in [0.29, 0.717) is 0 Å². The number of nitrogens with two attached hydrogens (primary N) is 1.